The number of hydrogen-bond donors (Lipinski definition) is 1. The Balaban J connectivity index is 2.50. The van der Waals surface area contributed by atoms with E-state index in [2.05, 4.69) is 5.32 Å². The number of rotatable bonds is 1. The fraction of sp³-hybridized carbons (Fsp3) is 0.273. The van der Waals surface area contributed by atoms with Gasteiger partial charge in [-0.1, -0.05) is 12.1 Å². The van der Waals surface area contributed by atoms with E-state index in [-0.39, 0.29) is 11.9 Å². The van der Waals surface area contributed by atoms with Crippen LogP contribution in [0.1, 0.15) is 13.3 Å². The van der Waals surface area contributed by atoms with Gasteiger partial charge in [-0.15, -0.1) is 0 Å². The monoisotopic (exact) mass is 204 g/mol. The molecule has 78 valence electrons. The molecule has 1 aromatic rings. The van der Waals surface area contributed by atoms with Crippen LogP contribution in [0.4, 0.5) is 11.4 Å². The quantitative estimate of drug-likeness (QED) is 0.702. The lowest BCUT2D eigenvalue weighted by Gasteiger charge is -2.22. The zero-order valence-corrected chi connectivity index (χ0v) is 8.43. The number of amides is 2. The molecule has 0 aromatic heterocycles. The van der Waals surface area contributed by atoms with Gasteiger partial charge in [0, 0.05) is 12.5 Å². The molecule has 1 atom stereocenters. The van der Waals surface area contributed by atoms with Crippen molar-refractivity contribution in [3.05, 3.63) is 24.3 Å². The van der Waals surface area contributed by atoms with Crippen LogP contribution in [0.25, 0.3) is 0 Å². The SMILES string of the molecule is C[C@@H]1CC(=O)Nc2ccccc2N1C=O. The maximum atomic E-state index is 11.5. The van der Waals surface area contributed by atoms with Crippen molar-refractivity contribution in [3.63, 3.8) is 0 Å². The first-order valence-corrected chi connectivity index (χ1v) is 4.85. The molecule has 2 amide bonds. The number of benzene rings is 1. The van der Waals surface area contributed by atoms with Gasteiger partial charge in [0.15, 0.2) is 0 Å². The average Bonchev–Trinajstić information content (AvgIpc) is 2.32. The molecule has 0 saturated heterocycles. The van der Waals surface area contributed by atoms with Crippen molar-refractivity contribution < 1.29 is 9.59 Å². The largest absolute Gasteiger partial charge is 0.324 e. The van der Waals surface area contributed by atoms with Crippen LogP contribution >= 0.6 is 0 Å². The van der Waals surface area contributed by atoms with Gasteiger partial charge in [0.1, 0.15) is 0 Å². The van der Waals surface area contributed by atoms with Crippen molar-refractivity contribution in [2.45, 2.75) is 19.4 Å². The maximum Gasteiger partial charge on any atom is 0.226 e. The van der Waals surface area contributed by atoms with Gasteiger partial charge in [0.2, 0.25) is 12.3 Å². The first kappa shape index (κ1) is 9.71. The van der Waals surface area contributed by atoms with Gasteiger partial charge in [-0.05, 0) is 19.1 Å². The highest BCUT2D eigenvalue weighted by molar-refractivity contribution is 5.99. The van der Waals surface area contributed by atoms with Gasteiger partial charge in [-0.3, -0.25) is 9.59 Å². The first-order valence-electron chi connectivity index (χ1n) is 4.85. The summed E-state index contributed by atoms with van der Waals surface area (Å²) in [5.74, 6) is -0.0562. The lowest BCUT2D eigenvalue weighted by atomic mass is 10.2. The maximum absolute atomic E-state index is 11.5. The van der Waals surface area contributed by atoms with E-state index in [0.717, 1.165) is 12.1 Å². The Bertz CT molecular complexity index is 403. The van der Waals surface area contributed by atoms with Crippen LogP contribution in [0, 0.1) is 0 Å². The van der Waals surface area contributed by atoms with Gasteiger partial charge < -0.3 is 10.2 Å². The Hall–Kier alpha value is -1.84. The van der Waals surface area contributed by atoms with Crippen molar-refractivity contribution in [3.8, 4) is 0 Å². The predicted octanol–water partition coefficient (Wildman–Crippen LogP) is 1.38. The number of carbonyl (C=O) groups is 2. The molecule has 1 heterocycles. The normalized spacial score (nSPS) is 20.2. The van der Waals surface area contributed by atoms with E-state index in [1.807, 2.05) is 25.1 Å². The summed E-state index contributed by atoms with van der Waals surface area (Å²) in [6, 6.07) is 7.19. The van der Waals surface area contributed by atoms with Crippen LogP contribution in [0.5, 0.6) is 0 Å². The van der Waals surface area contributed by atoms with E-state index < -0.39 is 0 Å². The van der Waals surface area contributed by atoms with Crippen LogP contribution in [-0.4, -0.2) is 18.4 Å². The topological polar surface area (TPSA) is 49.4 Å². The first-order chi connectivity index (χ1) is 7.22. The Kier molecular flexibility index (Phi) is 2.41. The molecule has 2 rings (SSSR count). The summed E-state index contributed by atoms with van der Waals surface area (Å²) in [6.45, 7) is 1.86. The molecule has 0 spiro atoms. The number of fused-ring (bicyclic) bond motifs is 1. The van der Waals surface area contributed by atoms with Crippen molar-refractivity contribution in [2.75, 3.05) is 10.2 Å². The number of anilines is 2. The number of nitrogens with zero attached hydrogens (tertiary/aromatic N) is 1. The predicted molar refractivity (Wildman–Crippen MR) is 57.7 cm³/mol. The molecule has 0 bridgehead atoms. The summed E-state index contributed by atoms with van der Waals surface area (Å²) in [7, 11) is 0. The molecular formula is C11H12N2O2. The molecule has 4 heteroatoms. The third-order valence-corrected chi connectivity index (χ3v) is 2.53. The standard InChI is InChI=1S/C11H12N2O2/c1-8-6-11(15)12-9-4-2-3-5-10(9)13(8)7-14/h2-5,7-8H,6H2,1H3,(H,12,15)/t8-/m1/s1. The number of carbonyl (C=O) groups excluding carboxylic acids is 2. The molecule has 0 aliphatic carbocycles. The molecule has 1 N–H and O–H groups in total. The fourth-order valence-corrected chi connectivity index (χ4v) is 1.77. The molecule has 0 saturated carbocycles. The molecule has 0 unspecified atom stereocenters. The molecule has 1 aliphatic rings. The van der Waals surface area contributed by atoms with E-state index >= 15 is 0 Å². The zero-order chi connectivity index (χ0) is 10.8. The van der Waals surface area contributed by atoms with E-state index in [1.165, 1.54) is 0 Å². The molecule has 1 aliphatic heterocycles. The molecule has 0 fully saturated rings. The third kappa shape index (κ3) is 1.70. The second-order valence-electron chi connectivity index (χ2n) is 3.63. The van der Waals surface area contributed by atoms with Gasteiger partial charge in [0.25, 0.3) is 0 Å². The van der Waals surface area contributed by atoms with Crippen molar-refractivity contribution in [1.29, 1.82) is 0 Å². The second-order valence-corrected chi connectivity index (χ2v) is 3.63. The van der Waals surface area contributed by atoms with Crippen LogP contribution in [0.3, 0.4) is 0 Å². The highest BCUT2D eigenvalue weighted by Crippen LogP contribution is 2.29. The smallest absolute Gasteiger partial charge is 0.226 e. The van der Waals surface area contributed by atoms with E-state index in [9.17, 15) is 9.59 Å². The molecule has 4 nitrogen and oxygen atoms in total. The highest BCUT2D eigenvalue weighted by Gasteiger charge is 2.23. The minimum absolute atomic E-state index is 0.0562. The summed E-state index contributed by atoms with van der Waals surface area (Å²) in [4.78, 5) is 24.0. The van der Waals surface area contributed by atoms with Crippen LogP contribution in [0.2, 0.25) is 0 Å². The lowest BCUT2D eigenvalue weighted by Crippen LogP contribution is -2.32. The highest BCUT2D eigenvalue weighted by atomic mass is 16.2. The Morgan fingerprint density at radius 2 is 2.20 bits per heavy atom. The minimum atomic E-state index is -0.105. The van der Waals surface area contributed by atoms with Crippen LogP contribution < -0.4 is 10.2 Å². The van der Waals surface area contributed by atoms with E-state index in [4.69, 9.17) is 0 Å². The Morgan fingerprint density at radius 3 is 2.93 bits per heavy atom. The minimum Gasteiger partial charge on any atom is -0.324 e. The average molecular weight is 204 g/mol. The van der Waals surface area contributed by atoms with Gasteiger partial charge in [0.05, 0.1) is 11.4 Å². The molecule has 1 aromatic carbocycles. The van der Waals surface area contributed by atoms with Crippen LogP contribution in [-0.2, 0) is 9.59 Å². The van der Waals surface area contributed by atoms with Gasteiger partial charge in [-0.25, -0.2) is 0 Å². The number of para-hydroxylation sites is 2. The zero-order valence-electron chi connectivity index (χ0n) is 8.43. The van der Waals surface area contributed by atoms with Gasteiger partial charge in [-0.2, -0.15) is 0 Å². The Morgan fingerprint density at radius 1 is 1.47 bits per heavy atom. The van der Waals surface area contributed by atoms with Crippen LogP contribution in [0.15, 0.2) is 24.3 Å². The van der Waals surface area contributed by atoms with Crippen molar-refractivity contribution in [1.82, 2.24) is 0 Å². The third-order valence-electron chi connectivity index (χ3n) is 2.53. The summed E-state index contributed by atoms with van der Waals surface area (Å²) < 4.78 is 0. The lowest BCUT2D eigenvalue weighted by molar-refractivity contribution is -0.116. The number of nitrogens with one attached hydrogen (secondary N) is 1. The summed E-state index contributed by atoms with van der Waals surface area (Å²) >= 11 is 0. The fourth-order valence-electron chi connectivity index (χ4n) is 1.77. The van der Waals surface area contributed by atoms with Gasteiger partial charge >= 0.3 is 0 Å². The molecule has 15 heavy (non-hydrogen) atoms. The summed E-state index contributed by atoms with van der Waals surface area (Å²) in [6.07, 6.45) is 1.09. The van der Waals surface area contributed by atoms with E-state index in [1.54, 1.807) is 11.0 Å². The number of hydrogen-bond acceptors (Lipinski definition) is 2. The second kappa shape index (κ2) is 3.73. The van der Waals surface area contributed by atoms with Crippen molar-refractivity contribution >= 4 is 23.7 Å². The summed E-state index contributed by atoms with van der Waals surface area (Å²) in [5, 5.41) is 2.78. The molecule has 0 radical (unpaired) electrons. The van der Waals surface area contributed by atoms with Crippen molar-refractivity contribution in [2.24, 2.45) is 0 Å². The molecular weight excluding hydrogens is 192 g/mol. The Labute approximate surface area is 87.9 Å². The summed E-state index contributed by atoms with van der Waals surface area (Å²) in [5.41, 5.74) is 1.45. The van der Waals surface area contributed by atoms with E-state index in [0.29, 0.717) is 12.1 Å².